The van der Waals surface area contributed by atoms with Crippen LogP contribution in [0.1, 0.15) is 31.6 Å². The van der Waals surface area contributed by atoms with Crippen molar-refractivity contribution in [3.05, 3.63) is 42.4 Å². The zero-order valence-corrected chi connectivity index (χ0v) is 16.2. The molecule has 3 rings (SSSR count). The van der Waals surface area contributed by atoms with Gasteiger partial charge in [0.1, 0.15) is 0 Å². The molecular formula is C19H25N3O4S. The summed E-state index contributed by atoms with van der Waals surface area (Å²) >= 11 is 0. The van der Waals surface area contributed by atoms with Gasteiger partial charge in [-0.25, -0.2) is 17.7 Å². The molecule has 2 aromatic rings. The second kappa shape index (κ2) is 8.67. The van der Waals surface area contributed by atoms with Crippen molar-refractivity contribution < 1.29 is 17.6 Å². The van der Waals surface area contributed by atoms with E-state index >= 15 is 0 Å². The van der Waals surface area contributed by atoms with Crippen LogP contribution in [0.4, 0.5) is 0 Å². The first-order valence-electron chi connectivity index (χ1n) is 9.16. The Hall–Kier alpha value is -2.19. The first kappa shape index (κ1) is 19.6. The van der Waals surface area contributed by atoms with Gasteiger partial charge in [-0.15, -0.1) is 0 Å². The van der Waals surface area contributed by atoms with Crippen LogP contribution in [0.15, 0.2) is 40.9 Å². The number of carbonyl (C=O) groups excluding carboxylic acids is 1. The van der Waals surface area contributed by atoms with Crippen molar-refractivity contribution in [1.82, 2.24) is 14.6 Å². The van der Waals surface area contributed by atoms with Crippen LogP contribution < -0.4 is 5.32 Å². The summed E-state index contributed by atoms with van der Waals surface area (Å²) in [5.41, 5.74) is 0.974. The fourth-order valence-electron chi connectivity index (χ4n) is 3.22. The second-order valence-electron chi connectivity index (χ2n) is 6.87. The molecule has 1 N–H and O–H groups in total. The molecule has 27 heavy (non-hydrogen) atoms. The largest absolute Gasteiger partial charge is 0.441 e. The summed E-state index contributed by atoms with van der Waals surface area (Å²) in [7, 11) is -3.21. The molecule has 0 bridgehead atoms. The molecule has 0 radical (unpaired) electrons. The number of nitrogens with one attached hydrogen (secondary N) is 1. The number of piperidine rings is 1. The maximum absolute atomic E-state index is 12.2. The van der Waals surface area contributed by atoms with Crippen LogP contribution in [-0.4, -0.2) is 49.0 Å². The molecule has 146 valence electrons. The van der Waals surface area contributed by atoms with Crippen molar-refractivity contribution in [2.75, 3.05) is 19.3 Å². The Morgan fingerprint density at radius 1 is 1.33 bits per heavy atom. The van der Waals surface area contributed by atoms with Gasteiger partial charge in [-0.2, -0.15) is 0 Å². The van der Waals surface area contributed by atoms with Crippen LogP contribution >= 0.6 is 0 Å². The van der Waals surface area contributed by atoms with Gasteiger partial charge in [0, 0.05) is 37.5 Å². The topological polar surface area (TPSA) is 92.5 Å². The highest BCUT2D eigenvalue weighted by Gasteiger charge is 2.26. The zero-order valence-electron chi connectivity index (χ0n) is 15.4. The molecular weight excluding hydrogens is 366 g/mol. The molecule has 7 nitrogen and oxygen atoms in total. The standard InChI is InChI=1S/C19H25N3O4S/c1-27(24,25)22-12-6-9-16(14-22)21-18(23)10-5-11-19-20-13-17(26-19)15-7-3-2-4-8-15/h2-4,7-8,13,16H,5-6,9-12,14H2,1H3,(H,21,23)/t16-/m1/s1. The predicted octanol–water partition coefficient (Wildman–Crippen LogP) is 2.20. The minimum absolute atomic E-state index is 0.0646. The first-order chi connectivity index (χ1) is 12.9. The number of aromatic nitrogens is 1. The smallest absolute Gasteiger partial charge is 0.220 e. The summed E-state index contributed by atoms with van der Waals surface area (Å²) in [4.78, 5) is 16.4. The highest BCUT2D eigenvalue weighted by Crippen LogP contribution is 2.20. The fourth-order valence-corrected chi connectivity index (χ4v) is 4.13. The van der Waals surface area contributed by atoms with Gasteiger partial charge in [0.2, 0.25) is 15.9 Å². The number of hydrogen-bond donors (Lipinski definition) is 1. The molecule has 1 fully saturated rings. The maximum Gasteiger partial charge on any atom is 0.220 e. The van der Waals surface area contributed by atoms with E-state index in [1.165, 1.54) is 10.6 Å². The van der Waals surface area contributed by atoms with Gasteiger partial charge in [-0.1, -0.05) is 30.3 Å². The molecule has 0 unspecified atom stereocenters. The van der Waals surface area contributed by atoms with Crippen LogP contribution in [0, 0.1) is 0 Å². The number of oxazole rings is 1. The summed E-state index contributed by atoms with van der Waals surface area (Å²) in [6, 6.07) is 9.63. The molecule has 2 heterocycles. The van der Waals surface area contributed by atoms with Crippen molar-refractivity contribution in [1.29, 1.82) is 0 Å². The Kier molecular flexibility index (Phi) is 6.28. The Bertz CT molecular complexity index is 864. The molecule has 0 saturated carbocycles. The number of benzene rings is 1. The van der Waals surface area contributed by atoms with Crippen molar-refractivity contribution in [2.24, 2.45) is 0 Å². The van der Waals surface area contributed by atoms with E-state index in [0.29, 0.717) is 38.2 Å². The van der Waals surface area contributed by atoms with E-state index in [-0.39, 0.29) is 11.9 Å². The Morgan fingerprint density at radius 2 is 2.11 bits per heavy atom. The highest BCUT2D eigenvalue weighted by atomic mass is 32.2. The molecule has 1 aromatic carbocycles. The van der Waals surface area contributed by atoms with Crippen molar-refractivity contribution in [2.45, 2.75) is 38.1 Å². The lowest BCUT2D eigenvalue weighted by Crippen LogP contribution is -2.49. The average molecular weight is 391 g/mol. The molecule has 1 aliphatic heterocycles. The predicted molar refractivity (Wildman–Crippen MR) is 102 cm³/mol. The van der Waals surface area contributed by atoms with Gasteiger partial charge in [0.05, 0.1) is 12.5 Å². The molecule has 8 heteroatoms. The summed E-state index contributed by atoms with van der Waals surface area (Å²) in [5, 5.41) is 2.94. The number of aryl methyl sites for hydroxylation is 1. The van der Waals surface area contributed by atoms with Crippen LogP contribution in [0.25, 0.3) is 11.3 Å². The Labute approximate surface area is 159 Å². The third kappa shape index (κ3) is 5.64. The molecule has 0 aliphatic carbocycles. The normalized spacial score (nSPS) is 18.3. The van der Waals surface area contributed by atoms with Gasteiger partial charge in [0.25, 0.3) is 0 Å². The minimum Gasteiger partial charge on any atom is -0.441 e. The van der Waals surface area contributed by atoms with E-state index in [9.17, 15) is 13.2 Å². The quantitative estimate of drug-likeness (QED) is 0.781. The van der Waals surface area contributed by atoms with E-state index in [1.54, 1.807) is 6.20 Å². The van der Waals surface area contributed by atoms with E-state index in [0.717, 1.165) is 24.2 Å². The fraction of sp³-hybridized carbons (Fsp3) is 0.474. The summed E-state index contributed by atoms with van der Waals surface area (Å²) in [5.74, 6) is 1.27. The van der Waals surface area contributed by atoms with Gasteiger partial charge in [-0.05, 0) is 19.3 Å². The number of amides is 1. The molecule has 1 saturated heterocycles. The SMILES string of the molecule is CS(=O)(=O)N1CCC[C@@H](NC(=O)CCCc2ncc(-c3ccccc3)o2)C1. The summed E-state index contributed by atoms with van der Waals surface area (Å²) in [6.45, 7) is 0.879. The zero-order chi connectivity index (χ0) is 19.3. The second-order valence-corrected chi connectivity index (χ2v) is 8.85. The van der Waals surface area contributed by atoms with Crippen LogP contribution in [0.5, 0.6) is 0 Å². The number of carbonyl (C=O) groups is 1. The maximum atomic E-state index is 12.2. The lowest BCUT2D eigenvalue weighted by atomic mass is 10.1. The lowest BCUT2D eigenvalue weighted by Gasteiger charge is -2.31. The molecule has 1 aliphatic rings. The highest BCUT2D eigenvalue weighted by molar-refractivity contribution is 7.88. The van der Waals surface area contributed by atoms with Crippen molar-refractivity contribution in [3.8, 4) is 11.3 Å². The van der Waals surface area contributed by atoms with Gasteiger partial charge in [-0.3, -0.25) is 4.79 Å². The third-order valence-corrected chi connectivity index (χ3v) is 5.89. The van der Waals surface area contributed by atoms with Crippen LogP contribution in [0.2, 0.25) is 0 Å². The molecule has 0 spiro atoms. The van der Waals surface area contributed by atoms with Crippen molar-refractivity contribution in [3.63, 3.8) is 0 Å². The van der Waals surface area contributed by atoms with Crippen LogP contribution in [0.3, 0.4) is 0 Å². The van der Waals surface area contributed by atoms with Gasteiger partial charge < -0.3 is 9.73 Å². The average Bonchev–Trinajstić information content (AvgIpc) is 3.11. The summed E-state index contributed by atoms with van der Waals surface area (Å²) < 4.78 is 30.5. The van der Waals surface area contributed by atoms with Gasteiger partial charge >= 0.3 is 0 Å². The molecule has 1 atom stereocenters. The number of sulfonamides is 1. The van der Waals surface area contributed by atoms with E-state index in [4.69, 9.17) is 4.42 Å². The Balaban J connectivity index is 1.43. The van der Waals surface area contributed by atoms with E-state index in [2.05, 4.69) is 10.3 Å². The summed E-state index contributed by atoms with van der Waals surface area (Å²) in [6.07, 6.45) is 6.04. The number of rotatable bonds is 7. The van der Waals surface area contributed by atoms with E-state index < -0.39 is 10.0 Å². The minimum atomic E-state index is -3.21. The lowest BCUT2D eigenvalue weighted by molar-refractivity contribution is -0.122. The monoisotopic (exact) mass is 391 g/mol. The van der Waals surface area contributed by atoms with Crippen LogP contribution in [-0.2, 0) is 21.2 Å². The molecule has 1 aromatic heterocycles. The number of hydrogen-bond acceptors (Lipinski definition) is 5. The molecule has 1 amide bonds. The number of nitrogens with zero attached hydrogens (tertiary/aromatic N) is 2. The van der Waals surface area contributed by atoms with E-state index in [1.807, 2.05) is 30.3 Å². The van der Waals surface area contributed by atoms with Crippen molar-refractivity contribution >= 4 is 15.9 Å². The Morgan fingerprint density at radius 3 is 2.85 bits per heavy atom. The first-order valence-corrected chi connectivity index (χ1v) is 11.0. The van der Waals surface area contributed by atoms with Gasteiger partial charge in [0.15, 0.2) is 11.7 Å². The third-order valence-electron chi connectivity index (χ3n) is 4.62.